The van der Waals surface area contributed by atoms with Crippen LogP contribution < -0.4 is 5.73 Å². The number of pyridine rings is 1. The quantitative estimate of drug-likeness (QED) is 0.574. The molecule has 1 fully saturated rings. The Bertz CT molecular complexity index is 1150. The number of nitrogens with zero attached hydrogens (tertiary/aromatic N) is 5. The first-order valence-electron chi connectivity index (χ1n) is 11.4. The summed E-state index contributed by atoms with van der Waals surface area (Å²) in [5, 5.41) is 0. The van der Waals surface area contributed by atoms with Crippen LogP contribution in [0.4, 0.5) is 10.2 Å². The van der Waals surface area contributed by atoms with Gasteiger partial charge in [-0.15, -0.1) is 0 Å². The van der Waals surface area contributed by atoms with Gasteiger partial charge in [-0.25, -0.2) is 19.3 Å². The smallest absolute Gasteiger partial charge is 0.256 e. The van der Waals surface area contributed by atoms with E-state index in [1.165, 1.54) is 12.4 Å². The highest BCUT2D eigenvalue weighted by molar-refractivity contribution is 5.95. The van der Waals surface area contributed by atoms with Gasteiger partial charge in [0.2, 0.25) is 0 Å². The molecule has 9 heteroatoms. The van der Waals surface area contributed by atoms with Crippen LogP contribution in [0.15, 0.2) is 42.9 Å². The largest absolute Gasteiger partial charge is 0.384 e. The number of aromatic nitrogens is 3. The van der Waals surface area contributed by atoms with Gasteiger partial charge < -0.3 is 15.4 Å². The van der Waals surface area contributed by atoms with Crippen molar-refractivity contribution >= 4 is 11.7 Å². The minimum atomic E-state index is -0.567. The van der Waals surface area contributed by atoms with Crippen LogP contribution in [0.25, 0.3) is 22.4 Å². The standard InChI is InChI=1S/C25H29FN6O2/c1-3-21-23(18-5-7-22(27)28-15-18)24(30-16-29-21)17-4-6-19(20(26)14-17)25(33)32-10-8-31(9-11-32)12-13-34-2/h4-7,14-16H,3,8-13H2,1-2H3,(H2,27,28). The predicted molar refractivity (Wildman–Crippen MR) is 129 cm³/mol. The number of carbonyl (C=O) groups excluding carboxylic acids is 1. The lowest BCUT2D eigenvalue weighted by molar-refractivity contribution is 0.0590. The fourth-order valence-corrected chi connectivity index (χ4v) is 4.17. The number of halogens is 1. The van der Waals surface area contributed by atoms with Gasteiger partial charge in [0.15, 0.2) is 0 Å². The molecule has 2 aromatic heterocycles. The third-order valence-electron chi connectivity index (χ3n) is 6.08. The Labute approximate surface area is 198 Å². The van der Waals surface area contributed by atoms with Crippen LogP contribution in [0.5, 0.6) is 0 Å². The van der Waals surface area contributed by atoms with Crippen LogP contribution in [0, 0.1) is 5.82 Å². The van der Waals surface area contributed by atoms with Crippen LogP contribution in [-0.2, 0) is 11.2 Å². The highest BCUT2D eigenvalue weighted by Crippen LogP contribution is 2.33. The van der Waals surface area contributed by atoms with E-state index in [1.807, 2.05) is 13.0 Å². The van der Waals surface area contributed by atoms with Gasteiger partial charge >= 0.3 is 0 Å². The second-order valence-electron chi connectivity index (χ2n) is 8.19. The zero-order valence-corrected chi connectivity index (χ0v) is 19.5. The van der Waals surface area contributed by atoms with Crippen LogP contribution >= 0.6 is 0 Å². The molecular formula is C25H29FN6O2. The number of hydrogen-bond donors (Lipinski definition) is 1. The Morgan fingerprint density at radius 1 is 1.09 bits per heavy atom. The van der Waals surface area contributed by atoms with Crippen molar-refractivity contribution in [2.45, 2.75) is 13.3 Å². The fraction of sp³-hybridized carbons (Fsp3) is 0.360. The van der Waals surface area contributed by atoms with Gasteiger partial charge in [-0.2, -0.15) is 0 Å². The summed E-state index contributed by atoms with van der Waals surface area (Å²) in [5.74, 6) is -0.452. The van der Waals surface area contributed by atoms with Gasteiger partial charge in [-0.05, 0) is 30.7 Å². The topological polar surface area (TPSA) is 97.5 Å². The number of piperazine rings is 1. The van der Waals surface area contributed by atoms with E-state index in [1.54, 1.807) is 36.4 Å². The van der Waals surface area contributed by atoms with E-state index in [-0.39, 0.29) is 11.5 Å². The van der Waals surface area contributed by atoms with Crippen molar-refractivity contribution in [1.82, 2.24) is 24.8 Å². The molecule has 0 unspecified atom stereocenters. The molecule has 0 aliphatic carbocycles. The van der Waals surface area contributed by atoms with E-state index < -0.39 is 5.82 Å². The van der Waals surface area contributed by atoms with E-state index in [9.17, 15) is 4.79 Å². The lowest BCUT2D eigenvalue weighted by Gasteiger charge is -2.34. The summed E-state index contributed by atoms with van der Waals surface area (Å²) in [6, 6.07) is 8.22. The molecule has 0 radical (unpaired) electrons. The zero-order chi connectivity index (χ0) is 24.1. The maximum Gasteiger partial charge on any atom is 0.256 e. The molecule has 1 aliphatic heterocycles. The number of rotatable bonds is 7. The van der Waals surface area contributed by atoms with Crippen molar-refractivity contribution in [3.05, 3.63) is 59.9 Å². The van der Waals surface area contributed by atoms with Crippen LogP contribution in [0.3, 0.4) is 0 Å². The lowest BCUT2D eigenvalue weighted by atomic mass is 9.96. The Kier molecular flexibility index (Phi) is 7.44. The maximum atomic E-state index is 15.2. The van der Waals surface area contributed by atoms with Crippen LogP contribution in [-0.4, -0.2) is 77.1 Å². The molecule has 8 nitrogen and oxygen atoms in total. The molecule has 0 bridgehead atoms. The maximum absolute atomic E-state index is 15.2. The first-order chi connectivity index (χ1) is 16.5. The van der Waals surface area contributed by atoms with Crippen molar-refractivity contribution in [2.24, 2.45) is 0 Å². The number of benzene rings is 1. The average Bonchev–Trinajstić information content (AvgIpc) is 2.87. The van der Waals surface area contributed by atoms with Gasteiger partial charge in [0, 0.05) is 62.7 Å². The summed E-state index contributed by atoms with van der Waals surface area (Å²) in [6.07, 6.45) is 3.81. The third-order valence-corrected chi connectivity index (χ3v) is 6.08. The van der Waals surface area contributed by atoms with Crippen molar-refractivity contribution in [2.75, 3.05) is 52.2 Å². The normalized spacial score (nSPS) is 14.4. The van der Waals surface area contributed by atoms with Crippen molar-refractivity contribution in [1.29, 1.82) is 0 Å². The molecule has 3 heterocycles. The molecule has 1 amide bonds. The van der Waals surface area contributed by atoms with Gasteiger partial charge in [-0.3, -0.25) is 9.69 Å². The predicted octanol–water partition coefficient (Wildman–Crippen LogP) is 2.89. The van der Waals surface area contributed by atoms with Crippen molar-refractivity contribution in [3.8, 4) is 22.4 Å². The molecule has 1 saturated heterocycles. The Morgan fingerprint density at radius 2 is 1.85 bits per heavy atom. The van der Waals surface area contributed by atoms with E-state index in [0.29, 0.717) is 43.2 Å². The van der Waals surface area contributed by atoms with E-state index in [2.05, 4.69) is 19.9 Å². The number of carbonyl (C=O) groups is 1. The molecule has 1 aromatic carbocycles. The summed E-state index contributed by atoms with van der Waals surface area (Å²) in [5.41, 5.74) is 9.37. The first kappa shape index (κ1) is 23.7. The molecular weight excluding hydrogens is 435 g/mol. The highest BCUT2D eigenvalue weighted by Gasteiger charge is 2.25. The third kappa shape index (κ3) is 5.05. The number of methoxy groups -OCH3 is 1. The SMILES string of the molecule is CCc1ncnc(-c2ccc(C(=O)N3CCN(CCOC)CC3)c(F)c2)c1-c1ccc(N)nc1. The second-order valence-corrected chi connectivity index (χ2v) is 8.19. The number of nitrogen functional groups attached to an aromatic ring is 1. The summed E-state index contributed by atoms with van der Waals surface area (Å²) in [4.78, 5) is 30.0. The monoisotopic (exact) mass is 464 g/mol. The lowest BCUT2D eigenvalue weighted by Crippen LogP contribution is -2.49. The molecule has 1 aliphatic rings. The number of ether oxygens (including phenoxy) is 1. The van der Waals surface area contributed by atoms with Crippen LogP contribution in [0.2, 0.25) is 0 Å². The van der Waals surface area contributed by atoms with Crippen molar-refractivity contribution in [3.63, 3.8) is 0 Å². The zero-order valence-electron chi connectivity index (χ0n) is 19.5. The second kappa shape index (κ2) is 10.7. The number of anilines is 1. The molecule has 34 heavy (non-hydrogen) atoms. The Morgan fingerprint density at radius 3 is 2.50 bits per heavy atom. The minimum absolute atomic E-state index is 0.0644. The Hall–Kier alpha value is -3.43. The van der Waals surface area contributed by atoms with E-state index in [4.69, 9.17) is 10.5 Å². The molecule has 2 N–H and O–H groups in total. The molecule has 0 atom stereocenters. The van der Waals surface area contributed by atoms with Gasteiger partial charge in [0.25, 0.3) is 5.91 Å². The fourth-order valence-electron chi connectivity index (χ4n) is 4.17. The summed E-state index contributed by atoms with van der Waals surface area (Å²) < 4.78 is 20.3. The van der Waals surface area contributed by atoms with Crippen LogP contribution in [0.1, 0.15) is 23.0 Å². The average molecular weight is 465 g/mol. The Balaban J connectivity index is 1.60. The molecule has 4 rings (SSSR count). The first-order valence-corrected chi connectivity index (χ1v) is 11.4. The van der Waals surface area contributed by atoms with Gasteiger partial charge in [0.1, 0.15) is 18.0 Å². The van der Waals surface area contributed by atoms with Gasteiger partial charge in [0.05, 0.1) is 23.6 Å². The minimum Gasteiger partial charge on any atom is -0.384 e. The molecule has 0 spiro atoms. The number of amides is 1. The molecule has 3 aromatic rings. The summed E-state index contributed by atoms with van der Waals surface area (Å²) in [7, 11) is 1.67. The van der Waals surface area contributed by atoms with E-state index in [0.717, 1.165) is 36.5 Å². The van der Waals surface area contributed by atoms with E-state index >= 15 is 4.39 Å². The number of aryl methyl sites for hydroxylation is 1. The molecule has 178 valence electrons. The molecule has 0 saturated carbocycles. The van der Waals surface area contributed by atoms with Gasteiger partial charge in [-0.1, -0.05) is 13.0 Å². The van der Waals surface area contributed by atoms with Crippen molar-refractivity contribution < 1.29 is 13.9 Å². The summed E-state index contributed by atoms with van der Waals surface area (Å²) in [6.45, 7) is 6.09. The summed E-state index contributed by atoms with van der Waals surface area (Å²) >= 11 is 0. The highest BCUT2D eigenvalue weighted by atomic mass is 19.1. The number of hydrogen-bond acceptors (Lipinski definition) is 7. The number of nitrogens with two attached hydrogens (primary N) is 1.